The zero-order valence-corrected chi connectivity index (χ0v) is 19.1. The molecule has 14 heteroatoms. The third-order valence-electron chi connectivity index (χ3n) is 4.77. The molecule has 0 fully saturated rings. The average molecular weight is 534 g/mol. The minimum Gasteiger partial charge on any atom is -0.504 e. The van der Waals surface area contributed by atoms with Crippen LogP contribution in [0.3, 0.4) is 0 Å². The van der Waals surface area contributed by atoms with Crippen molar-refractivity contribution in [2.24, 2.45) is 0 Å². The van der Waals surface area contributed by atoms with Gasteiger partial charge in [-0.15, -0.1) is 0 Å². The zero-order valence-electron chi connectivity index (χ0n) is 19.1. The molecule has 8 N–H and O–H groups in total. The molecule has 0 aliphatic heterocycles. The van der Waals surface area contributed by atoms with E-state index in [1.165, 1.54) is 12.1 Å². The smallest absolute Gasteiger partial charge is 0.347 e. The molecule has 0 saturated heterocycles. The maximum atomic E-state index is 12.0. The molecule has 0 unspecified atom stereocenters. The normalized spacial score (nSPS) is 14.5. The number of rotatable bonds is 11. The van der Waals surface area contributed by atoms with E-state index in [4.69, 9.17) is 0 Å². The Balaban J connectivity index is 2.10. The molecular formula is C24H22O14. The standard InChI is InChI=1S/C24H22O14/c25-13-5-1-11(9-15(13)27)3-7-17(29)37-21(23(33)34)19(31)20(32)22(24(35)36)38-18(30)8-4-12-2-6-14(26)16(28)10-12/h1-10,19-22,25-28,31-32H,(H,33,34)(H,35,36)/t19-,20-,21-,22+/m0/s1. The van der Waals surface area contributed by atoms with Crippen LogP contribution < -0.4 is 0 Å². The largest absolute Gasteiger partial charge is 0.504 e. The molecule has 4 atom stereocenters. The second-order valence-corrected chi connectivity index (χ2v) is 7.54. The summed E-state index contributed by atoms with van der Waals surface area (Å²) >= 11 is 0. The maximum absolute atomic E-state index is 12.0. The zero-order chi connectivity index (χ0) is 28.6. The van der Waals surface area contributed by atoms with Gasteiger partial charge in [-0.1, -0.05) is 12.1 Å². The van der Waals surface area contributed by atoms with E-state index in [1.54, 1.807) is 0 Å². The molecule has 14 nitrogen and oxygen atoms in total. The van der Waals surface area contributed by atoms with Crippen LogP contribution in [0.1, 0.15) is 11.1 Å². The van der Waals surface area contributed by atoms with E-state index in [9.17, 15) is 60.0 Å². The second-order valence-electron chi connectivity index (χ2n) is 7.54. The molecule has 0 saturated carbocycles. The fourth-order valence-electron chi connectivity index (χ4n) is 2.84. The van der Waals surface area contributed by atoms with Crippen LogP contribution in [0.25, 0.3) is 12.2 Å². The minimum atomic E-state index is -2.57. The van der Waals surface area contributed by atoms with Crippen molar-refractivity contribution >= 4 is 36.0 Å². The summed E-state index contributed by atoms with van der Waals surface area (Å²) in [7, 11) is 0. The topological polar surface area (TPSA) is 249 Å². The van der Waals surface area contributed by atoms with E-state index in [2.05, 4.69) is 9.47 Å². The van der Waals surface area contributed by atoms with Crippen molar-refractivity contribution in [2.45, 2.75) is 24.4 Å². The molecule has 2 rings (SSSR count). The lowest BCUT2D eigenvalue weighted by molar-refractivity contribution is -0.188. The van der Waals surface area contributed by atoms with Gasteiger partial charge in [0.15, 0.2) is 23.0 Å². The van der Waals surface area contributed by atoms with Crippen LogP contribution >= 0.6 is 0 Å². The molecule has 0 aliphatic carbocycles. The summed E-state index contributed by atoms with van der Waals surface area (Å²) in [4.78, 5) is 47.1. The molecule has 0 radical (unpaired) electrons. The number of carbonyl (C=O) groups excluding carboxylic acids is 2. The van der Waals surface area contributed by atoms with Crippen molar-refractivity contribution in [2.75, 3.05) is 0 Å². The van der Waals surface area contributed by atoms with E-state index in [-0.39, 0.29) is 11.1 Å². The molecule has 2 aromatic rings. The first-order valence-corrected chi connectivity index (χ1v) is 10.4. The number of carboxylic acids is 2. The number of aromatic hydroxyl groups is 4. The van der Waals surface area contributed by atoms with Crippen LogP contribution in [-0.2, 0) is 28.7 Å². The van der Waals surface area contributed by atoms with Gasteiger partial charge in [0.05, 0.1) is 0 Å². The van der Waals surface area contributed by atoms with Crippen molar-refractivity contribution in [1.82, 2.24) is 0 Å². The number of phenolic OH excluding ortho intramolecular Hbond substituents is 4. The Bertz CT molecular complexity index is 1170. The lowest BCUT2D eigenvalue weighted by Crippen LogP contribution is -2.52. The predicted octanol–water partition coefficient (Wildman–Crippen LogP) is -0.0498. The van der Waals surface area contributed by atoms with Gasteiger partial charge in [0.2, 0.25) is 12.2 Å². The average Bonchev–Trinajstić information content (AvgIpc) is 2.86. The quantitative estimate of drug-likeness (QED) is 0.107. The second kappa shape index (κ2) is 12.8. The number of aliphatic hydroxyl groups is 2. The first-order chi connectivity index (χ1) is 17.8. The molecular weight excluding hydrogens is 512 g/mol. The molecule has 0 bridgehead atoms. The van der Waals surface area contributed by atoms with Crippen molar-refractivity contribution < 1.29 is 69.5 Å². The molecule has 0 aliphatic rings. The number of aliphatic hydroxyl groups excluding tert-OH is 2. The van der Waals surface area contributed by atoms with Gasteiger partial charge in [0, 0.05) is 12.2 Å². The third-order valence-corrected chi connectivity index (χ3v) is 4.77. The molecule has 0 heterocycles. The van der Waals surface area contributed by atoms with Crippen molar-refractivity contribution in [3.63, 3.8) is 0 Å². The number of carbonyl (C=O) groups is 4. The number of esters is 2. The number of hydrogen-bond acceptors (Lipinski definition) is 12. The summed E-state index contributed by atoms with van der Waals surface area (Å²) in [5.74, 6) is -8.51. The number of benzene rings is 2. The highest BCUT2D eigenvalue weighted by atomic mass is 16.6. The Labute approximate surface area is 213 Å². The van der Waals surface area contributed by atoms with Crippen LogP contribution in [-0.4, -0.2) is 89.1 Å². The Morgan fingerprint density at radius 2 is 0.947 bits per heavy atom. The first-order valence-electron chi connectivity index (χ1n) is 10.4. The Hall–Kier alpha value is -5.08. The fourth-order valence-corrected chi connectivity index (χ4v) is 2.84. The first kappa shape index (κ1) is 29.2. The number of phenols is 4. The van der Waals surface area contributed by atoms with Gasteiger partial charge in [-0.05, 0) is 47.5 Å². The van der Waals surface area contributed by atoms with Crippen LogP contribution in [0, 0.1) is 0 Å². The van der Waals surface area contributed by atoms with Crippen LogP contribution in [0.4, 0.5) is 0 Å². The van der Waals surface area contributed by atoms with Gasteiger partial charge in [-0.2, -0.15) is 0 Å². The molecule has 202 valence electrons. The van der Waals surface area contributed by atoms with Gasteiger partial charge >= 0.3 is 23.9 Å². The highest BCUT2D eigenvalue weighted by Crippen LogP contribution is 2.26. The molecule has 0 amide bonds. The summed E-state index contributed by atoms with van der Waals surface area (Å²) in [6.45, 7) is 0. The molecule has 0 aromatic heterocycles. The highest BCUT2D eigenvalue weighted by molar-refractivity contribution is 5.90. The van der Waals surface area contributed by atoms with Crippen LogP contribution in [0.15, 0.2) is 48.6 Å². The SMILES string of the molecule is O=C(C=Cc1ccc(O)c(O)c1)O[C@H](C(=O)O)[C@@H](O)[C@H](O)[C@@H](OC(=O)C=Cc1ccc(O)c(O)c1)C(=O)O. The van der Waals surface area contributed by atoms with Crippen molar-refractivity contribution in [3.05, 3.63) is 59.7 Å². The third kappa shape index (κ3) is 7.97. The lowest BCUT2D eigenvalue weighted by atomic mass is 10.0. The number of hydrogen-bond donors (Lipinski definition) is 8. The number of carboxylic acid groups (broad SMARTS) is 2. The predicted molar refractivity (Wildman–Crippen MR) is 125 cm³/mol. The van der Waals surface area contributed by atoms with Gasteiger partial charge in [0.1, 0.15) is 12.2 Å². The van der Waals surface area contributed by atoms with Gasteiger partial charge in [-0.3, -0.25) is 0 Å². The Morgan fingerprint density at radius 1 is 0.605 bits per heavy atom. The summed E-state index contributed by atoms with van der Waals surface area (Å²) in [5.41, 5.74) is 0.385. The van der Waals surface area contributed by atoms with Gasteiger partial charge < -0.3 is 50.3 Å². The van der Waals surface area contributed by atoms with E-state index in [0.29, 0.717) is 12.2 Å². The number of ether oxygens (including phenoxy) is 2. The Kier molecular flexibility index (Phi) is 9.78. The van der Waals surface area contributed by atoms with E-state index in [0.717, 1.165) is 36.4 Å². The van der Waals surface area contributed by atoms with E-state index < -0.39 is 71.3 Å². The summed E-state index contributed by atoms with van der Waals surface area (Å²) < 4.78 is 9.19. The molecule has 0 spiro atoms. The van der Waals surface area contributed by atoms with E-state index >= 15 is 0 Å². The molecule has 38 heavy (non-hydrogen) atoms. The van der Waals surface area contributed by atoms with Gasteiger partial charge in [-0.25, -0.2) is 19.2 Å². The lowest BCUT2D eigenvalue weighted by Gasteiger charge is -2.26. The van der Waals surface area contributed by atoms with Crippen LogP contribution in [0.2, 0.25) is 0 Å². The van der Waals surface area contributed by atoms with Crippen molar-refractivity contribution in [3.8, 4) is 23.0 Å². The van der Waals surface area contributed by atoms with Crippen molar-refractivity contribution in [1.29, 1.82) is 0 Å². The summed E-state index contributed by atoms with van der Waals surface area (Å²) in [6, 6.07) is 6.93. The van der Waals surface area contributed by atoms with E-state index in [1.807, 2.05) is 0 Å². The summed E-state index contributed by atoms with van der Waals surface area (Å²) in [6.07, 6.45) is -6.62. The maximum Gasteiger partial charge on any atom is 0.347 e. The number of aliphatic carboxylic acids is 2. The Morgan fingerprint density at radius 3 is 1.24 bits per heavy atom. The fraction of sp³-hybridized carbons (Fsp3) is 0.167. The van der Waals surface area contributed by atoms with Crippen LogP contribution in [0.5, 0.6) is 23.0 Å². The monoisotopic (exact) mass is 534 g/mol. The molecule has 2 aromatic carbocycles. The summed E-state index contributed by atoms with van der Waals surface area (Å²) in [5, 5.41) is 76.5. The highest BCUT2D eigenvalue weighted by Gasteiger charge is 2.43. The minimum absolute atomic E-state index is 0.193. The van der Waals surface area contributed by atoms with Gasteiger partial charge in [0.25, 0.3) is 0 Å².